The number of amides is 1. The molecule has 1 heterocycles. The minimum atomic E-state index is -0.694. The first-order valence-corrected chi connectivity index (χ1v) is 3.67. The fraction of sp³-hybridized carbons (Fsp3) is 0.250. The first kappa shape index (κ1) is 9.60. The number of aliphatic hydroxyl groups excluding tert-OH is 1. The number of rotatable bonds is 2. The summed E-state index contributed by atoms with van der Waals surface area (Å²) >= 11 is 0. The van der Waals surface area contributed by atoms with Gasteiger partial charge in [-0.2, -0.15) is 0 Å². The van der Waals surface area contributed by atoms with Crippen LogP contribution >= 0.6 is 0 Å². The molecule has 0 spiro atoms. The third kappa shape index (κ3) is 2.22. The van der Waals surface area contributed by atoms with E-state index in [4.69, 9.17) is 5.11 Å². The summed E-state index contributed by atoms with van der Waals surface area (Å²) in [5.41, 5.74) is 0.110. The van der Waals surface area contributed by atoms with Gasteiger partial charge in [-0.05, 0) is 6.07 Å². The summed E-state index contributed by atoms with van der Waals surface area (Å²) in [4.78, 5) is 14.2. The van der Waals surface area contributed by atoms with Crippen LogP contribution in [0.1, 0.15) is 12.5 Å². The normalized spacial score (nSPS) is 9.77. The van der Waals surface area contributed by atoms with E-state index in [1.807, 2.05) is 0 Å². The van der Waals surface area contributed by atoms with Gasteiger partial charge in [0, 0.05) is 18.7 Å². The van der Waals surface area contributed by atoms with Crippen LogP contribution in [-0.4, -0.2) is 16.0 Å². The van der Waals surface area contributed by atoms with E-state index in [0.717, 1.165) is 0 Å². The van der Waals surface area contributed by atoms with Crippen molar-refractivity contribution in [2.75, 3.05) is 5.32 Å². The second-order valence-electron chi connectivity index (χ2n) is 2.47. The van der Waals surface area contributed by atoms with Crippen LogP contribution < -0.4 is 5.32 Å². The first-order chi connectivity index (χ1) is 6.15. The zero-order valence-corrected chi connectivity index (χ0v) is 7.04. The van der Waals surface area contributed by atoms with Crippen molar-refractivity contribution in [1.82, 2.24) is 4.98 Å². The predicted molar refractivity (Wildman–Crippen MR) is 44.4 cm³/mol. The highest BCUT2D eigenvalue weighted by molar-refractivity contribution is 5.87. The minimum Gasteiger partial charge on any atom is -0.392 e. The van der Waals surface area contributed by atoms with Crippen LogP contribution in [0.4, 0.5) is 10.2 Å². The predicted octanol–water partition coefficient (Wildman–Crippen LogP) is 0.671. The number of hydrogen-bond acceptors (Lipinski definition) is 3. The SMILES string of the molecule is CC(=O)Nc1nccc(CO)c1F. The van der Waals surface area contributed by atoms with Gasteiger partial charge in [-0.25, -0.2) is 9.37 Å². The summed E-state index contributed by atoms with van der Waals surface area (Å²) < 4.78 is 13.2. The molecule has 0 atom stereocenters. The third-order valence-electron chi connectivity index (χ3n) is 1.43. The lowest BCUT2D eigenvalue weighted by Crippen LogP contribution is -2.10. The summed E-state index contributed by atoms with van der Waals surface area (Å²) in [6.07, 6.45) is 1.32. The van der Waals surface area contributed by atoms with Crippen LogP contribution in [0, 0.1) is 5.82 Å². The molecule has 0 saturated heterocycles. The van der Waals surface area contributed by atoms with Crippen LogP contribution in [0.2, 0.25) is 0 Å². The van der Waals surface area contributed by atoms with Gasteiger partial charge in [0.25, 0.3) is 0 Å². The van der Waals surface area contributed by atoms with Crippen molar-refractivity contribution in [2.24, 2.45) is 0 Å². The quantitative estimate of drug-likeness (QED) is 0.710. The third-order valence-corrected chi connectivity index (χ3v) is 1.43. The second kappa shape index (κ2) is 3.95. The molecular weight excluding hydrogens is 175 g/mol. The maximum atomic E-state index is 13.2. The van der Waals surface area contributed by atoms with Gasteiger partial charge in [-0.15, -0.1) is 0 Å². The maximum Gasteiger partial charge on any atom is 0.222 e. The molecule has 0 aliphatic carbocycles. The van der Waals surface area contributed by atoms with E-state index in [0.29, 0.717) is 0 Å². The van der Waals surface area contributed by atoms with Gasteiger partial charge in [0.15, 0.2) is 11.6 Å². The fourth-order valence-corrected chi connectivity index (χ4v) is 0.860. The van der Waals surface area contributed by atoms with Crippen LogP contribution in [-0.2, 0) is 11.4 Å². The molecule has 0 unspecified atom stereocenters. The van der Waals surface area contributed by atoms with Crippen LogP contribution in [0.5, 0.6) is 0 Å². The van der Waals surface area contributed by atoms with E-state index in [1.54, 1.807) is 0 Å². The summed E-state index contributed by atoms with van der Waals surface area (Å²) in [7, 11) is 0. The lowest BCUT2D eigenvalue weighted by Gasteiger charge is -2.04. The number of pyridine rings is 1. The van der Waals surface area contributed by atoms with Gasteiger partial charge < -0.3 is 10.4 Å². The van der Waals surface area contributed by atoms with E-state index >= 15 is 0 Å². The molecule has 5 heteroatoms. The molecule has 2 N–H and O–H groups in total. The van der Waals surface area contributed by atoms with Gasteiger partial charge in [-0.1, -0.05) is 0 Å². The van der Waals surface area contributed by atoms with Gasteiger partial charge in [0.2, 0.25) is 5.91 Å². The molecule has 0 bridgehead atoms. The smallest absolute Gasteiger partial charge is 0.222 e. The zero-order valence-electron chi connectivity index (χ0n) is 7.04. The Hall–Kier alpha value is -1.49. The van der Waals surface area contributed by atoms with Crippen LogP contribution in [0.25, 0.3) is 0 Å². The van der Waals surface area contributed by atoms with Crippen molar-refractivity contribution < 1.29 is 14.3 Å². The standard InChI is InChI=1S/C8H9FN2O2/c1-5(13)11-8-7(9)6(4-12)2-3-10-8/h2-3,12H,4H2,1H3,(H,10,11,13). The molecule has 70 valence electrons. The summed E-state index contributed by atoms with van der Waals surface area (Å²) in [5, 5.41) is 10.9. The molecule has 4 nitrogen and oxygen atoms in total. The van der Waals surface area contributed by atoms with Crippen LogP contribution in [0.3, 0.4) is 0 Å². The van der Waals surface area contributed by atoms with E-state index < -0.39 is 18.3 Å². The number of carbonyl (C=O) groups is 1. The second-order valence-corrected chi connectivity index (χ2v) is 2.47. The molecule has 0 aliphatic rings. The monoisotopic (exact) mass is 184 g/mol. The highest BCUT2D eigenvalue weighted by atomic mass is 19.1. The molecule has 0 aromatic carbocycles. The number of hydrogen-bond donors (Lipinski definition) is 2. The first-order valence-electron chi connectivity index (χ1n) is 3.67. The average Bonchev–Trinajstić information content (AvgIpc) is 2.08. The van der Waals surface area contributed by atoms with E-state index in [-0.39, 0.29) is 11.4 Å². The Bertz CT molecular complexity index is 328. The van der Waals surface area contributed by atoms with Crippen molar-refractivity contribution in [3.8, 4) is 0 Å². The molecule has 1 aromatic rings. The average molecular weight is 184 g/mol. The number of nitrogens with zero attached hydrogens (tertiary/aromatic N) is 1. The van der Waals surface area contributed by atoms with E-state index in [2.05, 4.69) is 10.3 Å². The zero-order chi connectivity index (χ0) is 9.84. The van der Waals surface area contributed by atoms with E-state index in [1.165, 1.54) is 19.2 Å². The summed E-state index contributed by atoms with van der Waals surface area (Å²) in [5.74, 6) is -1.25. The summed E-state index contributed by atoms with van der Waals surface area (Å²) in [6.45, 7) is 0.841. The molecule has 0 fully saturated rings. The number of aliphatic hydroxyl groups is 1. The highest BCUT2D eigenvalue weighted by Gasteiger charge is 2.08. The Morgan fingerprint density at radius 1 is 1.77 bits per heavy atom. The van der Waals surface area contributed by atoms with Crippen molar-refractivity contribution in [2.45, 2.75) is 13.5 Å². The number of anilines is 1. The Balaban J connectivity index is 3.01. The number of nitrogens with one attached hydrogen (secondary N) is 1. The Morgan fingerprint density at radius 2 is 2.46 bits per heavy atom. The number of aromatic nitrogens is 1. The number of carbonyl (C=O) groups excluding carboxylic acids is 1. The molecule has 13 heavy (non-hydrogen) atoms. The molecular formula is C8H9FN2O2. The molecule has 0 radical (unpaired) electrons. The van der Waals surface area contributed by atoms with Crippen LogP contribution in [0.15, 0.2) is 12.3 Å². The highest BCUT2D eigenvalue weighted by Crippen LogP contribution is 2.14. The maximum absolute atomic E-state index is 13.2. The van der Waals surface area contributed by atoms with Gasteiger partial charge in [0.05, 0.1) is 6.61 Å². The molecule has 1 amide bonds. The van der Waals surface area contributed by atoms with Crippen molar-refractivity contribution >= 4 is 11.7 Å². The molecule has 0 saturated carbocycles. The van der Waals surface area contributed by atoms with Gasteiger partial charge in [-0.3, -0.25) is 4.79 Å². The summed E-state index contributed by atoms with van der Waals surface area (Å²) in [6, 6.07) is 1.35. The number of halogens is 1. The largest absolute Gasteiger partial charge is 0.392 e. The lowest BCUT2D eigenvalue weighted by atomic mass is 10.2. The van der Waals surface area contributed by atoms with Gasteiger partial charge >= 0.3 is 0 Å². The Kier molecular flexibility index (Phi) is 2.92. The molecule has 0 aliphatic heterocycles. The van der Waals surface area contributed by atoms with Crippen molar-refractivity contribution in [3.05, 3.63) is 23.6 Å². The fourth-order valence-electron chi connectivity index (χ4n) is 0.860. The Morgan fingerprint density at radius 3 is 3.00 bits per heavy atom. The Labute approximate surface area is 74.4 Å². The topological polar surface area (TPSA) is 62.2 Å². The van der Waals surface area contributed by atoms with E-state index in [9.17, 15) is 9.18 Å². The molecule has 1 rings (SSSR count). The minimum absolute atomic E-state index is 0.110. The molecule has 1 aromatic heterocycles. The lowest BCUT2D eigenvalue weighted by molar-refractivity contribution is -0.114. The van der Waals surface area contributed by atoms with Gasteiger partial charge in [0.1, 0.15) is 0 Å². The van der Waals surface area contributed by atoms with Crippen molar-refractivity contribution in [3.63, 3.8) is 0 Å². The van der Waals surface area contributed by atoms with Crippen molar-refractivity contribution in [1.29, 1.82) is 0 Å².